The molecule has 7 heteroatoms. The number of likely N-dealkylation sites (N-methyl/N-ethyl adjacent to an activating group) is 1. The third-order valence-corrected chi connectivity index (χ3v) is 5.44. The minimum absolute atomic E-state index is 0. The first-order valence-corrected chi connectivity index (χ1v) is 10.0. The quantitative estimate of drug-likeness (QED) is 0.375. The summed E-state index contributed by atoms with van der Waals surface area (Å²) in [5, 5.41) is 0. The summed E-state index contributed by atoms with van der Waals surface area (Å²) in [6, 6.07) is 17.0. The van der Waals surface area contributed by atoms with Gasteiger partial charge in [-0.2, -0.15) is 0 Å². The largest absolute Gasteiger partial charge is 1.00 e. The highest BCUT2D eigenvalue weighted by Gasteiger charge is 2.27. The van der Waals surface area contributed by atoms with Gasteiger partial charge in [-0.05, 0) is 60.7 Å². The first-order chi connectivity index (χ1) is 14.4. The number of hydrogen-bond acceptors (Lipinski definition) is 3. The van der Waals surface area contributed by atoms with Gasteiger partial charge in [0.05, 0.1) is 46.0 Å². The Balaban J connectivity index is 0.00000272. The number of carbonyl (C=O) groups is 1. The zero-order chi connectivity index (χ0) is 21.1. The predicted molar refractivity (Wildman–Crippen MR) is 114 cm³/mol. The second-order valence-corrected chi connectivity index (χ2v) is 8.19. The molecule has 1 aromatic heterocycles. The summed E-state index contributed by atoms with van der Waals surface area (Å²) in [4.78, 5) is 19.3. The Bertz CT molecular complexity index is 1030. The third-order valence-electron chi connectivity index (χ3n) is 5.44. The Kier molecular flexibility index (Phi) is 7.27. The van der Waals surface area contributed by atoms with Crippen LogP contribution in [0.4, 0.5) is 4.39 Å². The number of halogens is 2. The molecule has 0 N–H and O–H groups in total. The smallest absolute Gasteiger partial charge is 0.254 e. The lowest BCUT2D eigenvalue weighted by Crippen LogP contribution is -3.00. The maximum absolute atomic E-state index is 13.0. The SMILES string of the molecule is C[N+]1(C)CCN(C(=O)c2ccnc(-c3ccc(Oc4ccc(F)cc4)cc3)c2)CC1.[I-]. The molecule has 0 bridgehead atoms. The maximum atomic E-state index is 13.0. The normalized spacial score (nSPS) is 15.1. The number of quaternary nitrogens is 1. The second kappa shape index (κ2) is 9.74. The minimum atomic E-state index is -0.300. The number of ether oxygens (including phenoxy) is 1. The summed E-state index contributed by atoms with van der Waals surface area (Å²) in [6.45, 7) is 3.44. The van der Waals surface area contributed by atoms with E-state index in [4.69, 9.17) is 4.74 Å². The summed E-state index contributed by atoms with van der Waals surface area (Å²) in [5.41, 5.74) is 2.29. The van der Waals surface area contributed by atoms with Crippen LogP contribution in [-0.4, -0.2) is 60.5 Å². The van der Waals surface area contributed by atoms with Gasteiger partial charge in [-0.1, -0.05) is 0 Å². The van der Waals surface area contributed by atoms with Crippen molar-refractivity contribution in [1.82, 2.24) is 9.88 Å². The molecule has 1 aliphatic heterocycles. The summed E-state index contributed by atoms with van der Waals surface area (Å²) >= 11 is 0. The van der Waals surface area contributed by atoms with E-state index in [2.05, 4.69) is 19.1 Å². The van der Waals surface area contributed by atoms with Gasteiger partial charge in [0.1, 0.15) is 17.3 Å². The van der Waals surface area contributed by atoms with Crippen LogP contribution in [0.3, 0.4) is 0 Å². The van der Waals surface area contributed by atoms with Gasteiger partial charge in [-0.3, -0.25) is 9.78 Å². The Morgan fingerprint density at radius 1 is 0.968 bits per heavy atom. The molecule has 0 radical (unpaired) electrons. The van der Waals surface area contributed by atoms with E-state index in [1.54, 1.807) is 24.4 Å². The van der Waals surface area contributed by atoms with Gasteiger partial charge < -0.3 is 38.1 Å². The van der Waals surface area contributed by atoms with Gasteiger partial charge in [0, 0.05) is 17.3 Å². The third kappa shape index (κ3) is 5.80. The van der Waals surface area contributed by atoms with Crippen LogP contribution in [-0.2, 0) is 0 Å². The molecule has 1 aliphatic rings. The van der Waals surface area contributed by atoms with Crippen LogP contribution in [0.1, 0.15) is 10.4 Å². The Labute approximate surface area is 199 Å². The highest BCUT2D eigenvalue weighted by atomic mass is 127. The number of aromatic nitrogens is 1. The Morgan fingerprint density at radius 2 is 1.55 bits per heavy atom. The number of benzene rings is 2. The Morgan fingerprint density at radius 3 is 2.16 bits per heavy atom. The van der Waals surface area contributed by atoms with Crippen LogP contribution in [0, 0.1) is 5.82 Å². The topological polar surface area (TPSA) is 42.4 Å². The highest BCUT2D eigenvalue weighted by Crippen LogP contribution is 2.26. The number of rotatable bonds is 4. The number of amides is 1. The van der Waals surface area contributed by atoms with Crippen molar-refractivity contribution in [3.05, 3.63) is 78.2 Å². The van der Waals surface area contributed by atoms with Gasteiger partial charge in [0.2, 0.25) is 0 Å². The van der Waals surface area contributed by atoms with Crippen molar-refractivity contribution < 1.29 is 42.4 Å². The minimum Gasteiger partial charge on any atom is -1.00 e. The summed E-state index contributed by atoms with van der Waals surface area (Å²) < 4.78 is 19.7. The molecule has 5 nitrogen and oxygen atoms in total. The van der Waals surface area contributed by atoms with E-state index in [1.807, 2.05) is 35.2 Å². The van der Waals surface area contributed by atoms with Crippen LogP contribution in [0.5, 0.6) is 11.5 Å². The number of nitrogens with zero attached hydrogens (tertiary/aromatic N) is 3. The zero-order valence-corrected chi connectivity index (χ0v) is 19.8. The van der Waals surface area contributed by atoms with E-state index in [1.165, 1.54) is 12.1 Å². The molecule has 0 unspecified atom stereocenters. The van der Waals surface area contributed by atoms with Crippen molar-refractivity contribution in [1.29, 1.82) is 0 Å². The van der Waals surface area contributed by atoms with Crippen molar-refractivity contribution in [2.45, 2.75) is 0 Å². The van der Waals surface area contributed by atoms with Crippen molar-refractivity contribution in [2.75, 3.05) is 40.3 Å². The molecule has 2 heterocycles. The van der Waals surface area contributed by atoms with Gasteiger partial charge in [-0.15, -0.1) is 0 Å². The van der Waals surface area contributed by atoms with Crippen LogP contribution in [0.25, 0.3) is 11.3 Å². The van der Waals surface area contributed by atoms with Crippen molar-refractivity contribution in [3.8, 4) is 22.8 Å². The lowest BCUT2D eigenvalue weighted by atomic mass is 10.1. The second-order valence-electron chi connectivity index (χ2n) is 8.19. The van der Waals surface area contributed by atoms with Gasteiger partial charge >= 0.3 is 0 Å². The summed E-state index contributed by atoms with van der Waals surface area (Å²) in [5.74, 6) is 0.963. The Hall–Kier alpha value is -2.52. The molecule has 1 fully saturated rings. The first kappa shape index (κ1) is 23.1. The predicted octanol–water partition coefficient (Wildman–Crippen LogP) is 1.22. The standard InChI is InChI=1S/C24H25FN3O2.HI/c1-28(2)15-13-27(14-16-28)24(29)19-11-12-26-23(17-19)18-3-7-21(8-4-18)30-22-9-5-20(25)6-10-22;/h3-12,17H,13-16H2,1-2H3;1H/q+1;/p-1. The molecule has 1 saturated heterocycles. The fourth-order valence-electron chi connectivity index (χ4n) is 3.45. The molecule has 0 saturated carbocycles. The summed E-state index contributed by atoms with van der Waals surface area (Å²) in [7, 11) is 4.38. The monoisotopic (exact) mass is 533 g/mol. The zero-order valence-electron chi connectivity index (χ0n) is 17.6. The van der Waals surface area contributed by atoms with Crippen molar-refractivity contribution in [3.63, 3.8) is 0 Å². The molecule has 0 aliphatic carbocycles. The van der Waals surface area contributed by atoms with E-state index in [0.29, 0.717) is 17.1 Å². The van der Waals surface area contributed by atoms with Crippen LogP contribution >= 0.6 is 0 Å². The fraction of sp³-hybridized carbons (Fsp3) is 0.250. The van der Waals surface area contributed by atoms with E-state index in [9.17, 15) is 9.18 Å². The van der Waals surface area contributed by atoms with Gasteiger partial charge in [0.25, 0.3) is 5.91 Å². The van der Waals surface area contributed by atoms with E-state index < -0.39 is 0 Å². The van der Waals surface area contributed by atoms with Gasteiger partial charge in [-0.25, -0.2) is 4.39 Å². The molecule has 162 valence electrons. The maximum Gasteiger partial charge on any atom is 0.254 e. The van der Waals surface area contributed by atoms with Crippen LogP contribution in [0.2, 0.25) is 0 Å². The summed E-state index contributed by atoms with van der Waals surface area (Å²) in [6.07, 6.45) is 1.68. The molecule has 4 rings (SSSR count). The molecule has 0 spiro atoms. The molecule has 2 aromatic carbocycles. The molecule has 1 amide bonds. The molecular weight excluding hydrogens is 508 g/mol. The molecule has 3 aromatic rings. The van der Waals surface area contributed by atoms with E-state index in [0.717, 1.165) is 41.9 Å². The number of hydrogen-bond donors (Lipinski definition) is 0. The molecule has 31 heavy (non-hydrogen) atoms. The first-order valence-electron chi connectivity index (χ1n) is 10.0. The fourth-order valence-corrected chi connectivity index (χ4v) is 3.45. The number of pyridine rings is 1. The average Bonchev–Trinajstić information content (AvgIpc) is 2.75. The molecular formula is C24H25FIN3O2. The van der Waals surface area contributed by atoms with E-state index in [-0.39, 0.29) is 35.7 Å². The van der Waals surface area contributed by atoms with Crippen molar-refractivity contribution >= 4 is 5.91 Å². The van der Waals surface area contributed by atoms with Crippen LogP contribution < -0.4 is 28.7 Å². The van der Waals surface area contributed by atoms with Gasteiger partial charge in [0.15, 0.2) is 0 Å². The van der Waals surface area contributed by atoms with Crippen LogP contribution in [0.15, 0.2) is 66.9 Å². The highest BCUT2D eigenvalue weighted by molar-refractivity contribution is 5.95. The lowest BCUT2D eigenvalue weighted by Gasteiger charge is -2.39. The number of carbonyl (C=O) groups excluding carboxylic acids is 1. The lowest BCUT2D eigenvalue weighted by molar-refractivity contribution is -0.894. The number of piperazine rings is 1. The van der Waals surface area contributed by atoms with Crippen molar-refractivity contribution in [2.24, 2.45) is 0 Å². The average molecular weight is 533 g/mol. The molecule has 0 atom stereocenters. The van der Waals surface area contributed by atoms with E-state index >= 15 is 0 Å².